The molecule has 2 aromatic rings. The van der Waals surface area contributed by atoms with Crippen molar-refractivity contribution in [2.45, 2.75) is 17.9 Å². The zero-order chi connectivity index (χ0) is 20.4. The summed E-state index contributed by atoms with van der Waals surface area (Å²) in [4.78, 5) is 2.12. The molecule has 0 amide bonds. The second-order valence-electron chi connectivity index (χ2n) is 6.75. The van der Waals surface area contributed by atoms with Crippen LogP contribution in [-0.2, 0) is 33.0 Å². The van der Waals surface area contributed by atoms with Crippen LogP contribution in [0.2, 0.25) is 5.02 Å². The largest absolute Gasteiger partial charge is 0.284 e. The molecule has 7 nitrogen and oxygen atoms in total. The second kappa shape index (κ2) is 8.48. The Bertz CT molecular complexity index is 1020. The molecule has 0 unspecified atom stereocenters. The van der Waals surface area contributed by atoms with Gasteiger partial charge in [-0.2, -0.15) is 4.31 Å². The van der Waals surface area contributed by atoms with Crippen molar-refractivity contribution in [2.24, 2.45) is 5.14 Å². The van der Waals surface area contributed by atoms with Crippen molar-refractivity contribution in [1.29, 1.82) is 0 Å². The van der Waals surface area contributed by atoms with Crippen molar-refractivity contribution in [1.82, 2.24) is 9.21 Å². The molecule has 0 radical (unpaired) electrons. The van der Waals surface area contributed by atoms with Crippen LogP contribution in [0.3, 0.4) is 0 Å². The summed E-state index contributed by atoms with van der Waals surface area (Å²) in [6, 6.07) is 13.7. The first-order valence-corrected chi connectivity index (χ1v) is 12.2. The van der Waals surface area contributed by atoms with Gasteiger partial charge in [-0.3, -0.25) is 4.90 Å². The van der Waals surface area contributed by atoms with Crippen LogP contribution in [0, 0.1) is 0 Å². The van der Waals surface area contributed by atoms with Crippen LogP contribution < -0.4 is 5.14 Å². The first-order chi connectivity index (χ1) is 13.1. The van der Waals surface area contributed by atoms with E-state index in [1.807, 2.05) is 24.3 Å². The minimum absolute atomic E-state index is 0.0379. The zero-order valence-corrected chi connectivity index (χ0v) is 17.5. The van der Waals surface area contributed by atoms with Crippen LogP contribution in [0.5, 0.6) is 0 Å². The van der Waals surface area contributed by atoms with Gasteiger partial charge in [0.15, 0.2) is 0 Å². The average molecular weight is 444 g/mol. The fourth-order valence-electron chi connectivity index (χ4n) is 3.04. The lowest BCUT2D eigenvalue weighted by Gasteiger charge is -2.35. The molecule has 1 fully saturated rings. The van der Waals surface area contributed by atoms with Gasteiger partial charge < -0.3 is 0 Å². The Morgan fingerprint density at radius 1 is 1.00 bits per heavy atom. The summed E-state index contributed by atoms with van der Waals surface area (Å²) in [6.07, 6.45) is 0.485. The molecule has 0 atom stereocenters. The van der Waals surface area contributed by atoms with E-state index in [4.69, 9.17) is 16.7 Å². The maximum atomic E-state index is 12.4. The summed E-state index contributed by atoms with van der Waals surface area (Å²) >= 11 is 5.91. The van der Waals surface area contributed by atoms with Crippen LogP contribution in [0.1, 0.15) is 11.1 Å². The number of primary sulfonamides is 1. The van der Waals surface area contributed by atoms with Gasteiger partial charge in [0.2, 0.25) is 20.0 Å². The van der Waals surface area contributed by atoms with Crippen molar-refractivity contribution in [3.8, 4) is 0 Å². The lowest BCUT2D eigenvalue weighted by Crippen LogP contribution is -2.50. The maximum Gasteiger partial charge on any atom is 0.238 e. The molecule has 2 aromatic carbocycles. The van der Waals surface area contributed by atoms with E-state index >= 15 is 0 Å². The molecule has 28 heavy (non-hydrogen) atoms. The summed E-state index contributed by atoms with van der Waals surface area (Å²) in [5.41, 5.74) is 1.92. The smallest absolute Gasteiger partial charge is 0.238 e. The van der Waals surface area contributed by atoms with Gasteiger partial charge in [-0.15, -0.1) is 0 Å². The molecule has 1 heterocycles. The first-order valence-electron chi connectivity index (χ1n) is 8.70. The van der Waals surface area contributed by atoms with E-state index < -0.39 is 20.0 Å². The highest BCUT2D eigenvalue weighted by Crippen LogP contribution is 2.17. The second-order valence-corrected chi connectivity index (χ2v) is 10.8. The molecule has 0 spiro atoms. The fourth-order valence-corrected chi connectivity index (χ4v) is 5.14. The Balaban J connectivity index is 1.63. The molecule has 1 aliphatic heterocycles. The highest BCUT2D eigenvalue weighted by atomic mass is 35.5. The van der Waals surface area contributed by atoms with Crippen molar-refractivity contribution in [2.75, 3.05) is 25.5 Å². The van der Waals surface area contributed by atoms with Gasteiger partial charge in [0.25, 0.3) is 0 Å². The summed E-state index contributed by atoms with van der Waals surface area (Å²) in [7, 11) is -7.04. The van der Waals surface area contributed by atoms with E-state index in [1.54, 1.807) is 12.1 Å². The summed E-state index contributed by atoms with van der Waals surface area (Å²) in [6.45, 7) is 1.77. The number of benzene rings is 2. The fraction of sp³-hybridized carbons (Fsp3) is 0.333. The third-order valence-electron chi connectivity index (χ3n) is 4.64. The van der Waals surface area contributed by atoms with E-state index in [9.17, 15) is 16.8 Å². The maximum absolute atomic E-state index is 12.4. The van der Waals surface area contributed by atoms with Crippen LogP contribution in [0.4, 0.5) is 0 Å². The number of rotatable bonds is 6. The van der Waals surface area contributed by atoms with E-state index in [0.29, 0.717) is 37.7 Å². The molecule has 2 N–H and O–H groups in total. The lowest BCUT2D eigenvalue weighted by molar-refractivity contribution is 0.178. The topological polar surface area (TPSA) is 101 Å². The third-order valence-corrected chi connectivity index (χ3v) is 7.60. The summed E-state index contributed by atoms with van der Waals surface area (Å²) < 4.78 is 48.9. The molecule has 1 saturated heterocycles. The standard InChI is InChI=1S/C18H22ClN3O4S2/c19-17-5-1-16(2-6-17)13-21-11-12-27(23,24)22(14-21)10-9-15-3-7-18(8-4-15)28(20,25)26/h1-8H,9-14H2,(H2,20,25,26). The predicted octanol–water partition coefficient (Wildman–Crippen LogP) is 1.63. The Kier molecular flexibility index (Phi) is 6.43. The van der Waals surface area contributed by atoms with Gasteiger partial charge in [-0.1, -0.05) is 35.9 Å². The minimum atomic E-state index is -3.73. The molecule has 0 bridgehead atoms. The molecule has 0 aliphatic carbocycles. The van der Waals surface area contributed by atoms with Crippen LogP contribution in [0.15, 0.2) is 53.4 Å². The predicted molar refractivity (Wildman–Crippen MR) is 109 cm³/mol. The van der Waals surface area contributed by atoms with Crippen LogP contribution in [0.25, 0.3) is 0 Å². The molecular formula is C18H22ClN3O4S2. The third kappa shape index (κ3) is 5.53. The Labute approximate surface area is 170 Å². The quantitative estimate of drug-likeness (QED) is 0.731. The lowest BCUT2D eigenvalue weighted by atomic mass is 10.1. The Morgan fingerprint density at radius 2 is 1.61 bits per heavy atom. The van der Waals surface area contributed by atoms with Gasteiger partial charge in [-0.25, -0.2) is 22.0 Å². The number of sulfonamides is 2. The van der Waals surface area contributed by atoms with E-state index in [2.05, 4.69) is 4.90 Å². The van der Waals surface area contributed by atoms with Crippen LogP contribution >= 0.6 is 11.6 Å². The Hall–Kier alpha value is -1.49. The van der Waals surface area contributed by atoms with Crippen molar-refractivity contribution in [3.05, 3.63) is 64.7 Å². The molecule has 0 saturated carbocycles. The molecule has 10 heteroatoms. The number of nitrogens with zero attached hydrogens (tertiary/aromatic N) is 2. The van der Waals surface area contributed by atoms with Crippen molar-refractivity contribution >= 4 is 31.6 Å². The van der Waals surface area contributed by atoms with E-state index in [-0.39, 0.29) is 10.6 Å². The van der Waals surface area contributed by atoms with Gasteiger partial charge in [0, 0.05) is 24.7 Å². The highest BCUT2D eigenvalue weighted by molar-refractivity contribution is 7.89. The first kappa shape index (κ1) is 21.2. The minimum Gasteiger partial charge on any atom is -0.284 e. The van der Waals surface area contributed by atoms with Gasteiger partial charge in [-0.05, 0) is 41.8 Å². The monoisotopic (exact) mass is 443 g/mol. The SMILES string of the molecule is NS(=O)(=O)c1ccc(CCN2CN(Cc3ccc(Cl)cc3)CCS2(=O)=O)cc1. The number of halogens is 1. The molecule has 0 aromatic heterocycles. The van der Waals surface area contributed by atoms with E-state index in [0.717, 1.165) is 11.1 Å². The van der Waals surface area contributed by atoms with Gasteiger partial charge >= 0.3 is 0 Å². The molecule has 3 rings (SSSR count). The normalized spacial score (nSPS) is 18.2. The molecular weight excluding hydrogens is 422 g/mol. The average Bonchev–Trinajstić information content (AvgIpc) is 2.63. The number of hydrogen-bond acceptors (Lipinski definition) is 5. The van der Waals surface area contributed by atoms with Gasteiger partial charge in [0.05, 0.1) is 17.3 Å². The molecule has 152 valence electrons. The van der Waals surface area contributed by atoms with Crippen molar-refractivity contribution in [3.63, 3.8) is 0 Å². The highest BCUT2D eigenvalue weighted by Gasteiger charge is 2.29. The Morgan fingerprint density at radius 3 is 2.21 bits per heavy atom. The summed E-state index contributed by atoms with van der Waals surface area (Å²) in [5.74, 6) is 0.0743. The number of nitrogens with two attached hydrogens (primary N) is 1. The number of hydrogen-bond donors (Lipinski definition) is 1. The van der Waals surface area contributed by atoms with E-state index in [1.165, 1.54) is 16.4 Å². The zero-order valence-electron chi connectivity index (χ0n) is 15.2. The van der Waals surface area contributed by atoms with Crippen molar-refractivity contribution < 1.29 is 16.8 Å². The summed E-state index contributed by atoms with van der Waals surface area (Å²) in [5, 5.41) is 5.76. The van der Waals surface area contributed by atoms with Gasteiger partial charge in [0.1, 0.15) is 0 Å². The van der Waals surface area contributed by atoms with Crippen LogP contribution in [-0.4, -0.2) is 51.6 Å². The molecule has 1 aliphatic rings.